The molecule has 6 nitrogen and oxygen atoms in total. The lowest BCUT2D eigenvalue weighted by atomic mass is 9.97. The molecule has 1 aromatic rings. The van der Waals surface area contributed by atoms with Crippen LogP contribution in [0.2, 0.25) is 0 Å². The van der Waals surface area contributed by atoms with Gasteiger partial charge in [-0.2, -0.15) is 0 Å². The summed E-state index contributed by atoms with van der Waals surface area (Å²) in [5.41, 5.74) is 2.23. The van der Waals surface area contributed by atoms with E-state index in [0.717, 1.165) is 12.0 Å². The molecule has 0 fully saturated rings. The quantitative estimate of drug-likeness (QED) is 0.227. The van der Waals surface area contributed by atoms with Crippen LogP contribution in [0.1, 0.15) is 64.5 Å². The van der Waals surface area contributed by atoms with Gasteiger partial charge >= 0.3 is 13.8 Å². The molecule has 0 radical (unpaired) electrons. The Balaban J connectivity index is 2.31. The maximum atomic E-state index is 12.2. The summed E-state index contributed by atoms with van der Waals surface area (Å²) < 4.78 is 32.8. The number of rotatable bonds is 14. The van der Waals surface area contributed by atoms with Crippen LogP contribution >= 0.6 is 7.82 Å². The number of phosphoric ester groups is 1. The molecule has 160 valence electrons. The molecule has 1 atom stereocenters. The van der Waals surface area contributed by atoms with Crippen molar-refractivity contribution in [2.24, 2.45) is 5.92 Å². The first-order chi connectivity index (χ1) is 13.3. The molecule has 0 aromatic heterocycles. The number of ether oxygens (including phenoxy) is 1. The molecule has 0 aliphatic heterocycles. The van der Waals surface area contributed by atoms with Crippen LogP contribution in [0.4, 0.5) is 0 Å². The van der Waals surface area contributed by atoms with E-state index in [4.69, 9.17) is 18.3 Å². The molecule has 7 heteroatoms. The highest BCUT2D eigenvalue weighted by Crippen LogP contribution is 2.49. The summed E-state index contributed by atoms with van der Waals surface area (Å²) in [6.07, 6.45) is 2.24. The standard InChI is InChI=1S/C21H35O6P/c1-6-25-28(23,26-7-2)27-15-9-8-14-24-21(22)18(5)20-12-10-19(11-13-20)16-17(3)4/h10-13,17-18H,6-9,14-16H2,1-5H3. The molecule has 0 N–H and O–H groups in total. The summed E-state index contributed by atoms with van der Waals surface area (Å²) in [5.74, 6) is 0.0560. The van der Waals surface area contributed by atoms with Gasteiger partial charge in [0.05, 0.1) is 32.3 Å². The molecule has 0 heterocycles. The van der Waals surface area contributed by atoms with Gasteiger partial charge in [-0.15, -0.1) is 0 Å². The molecule has 0 saturated carbocycles. The predicted molar refractivity (Wildman–Crippen MR) is 110 cm³/mol. The van der Waals surface area contributed by atoms with Crippen LogP contribution in [-0.2, 0) is 34.1 Å². The molecule has 0 aliphatic carbocycles. The average molecular weight is 414 g/mol. The third-order valence-corrected chi connectivity index (χ3v) is 5.73. The summed E-state index contributed by atoms with van der Waals surface area (Å²) in [7, 11) is -3.46. The van der Waals surface area contributed by atoms with E-state index in [1.807, 2.05) is 19.1 Å². The Morgan fingerprint density at radius 3 is 2.04 bits per heavy atom. The second kappa shape index (κ2) is 13.1. The Morgan fingerprint density at radius 1 is 0.929 bits per heavy atom. The highest BCUT2D eigenvalue weighted by Gasteiger charge is 2.24. The Kier molecular flexibility index (Phi) is 11.6. The zero-order valence-corrected chi connectivity index (χ0v) is 18.7. The molecule has 1 rings (SSSR count). The summed E-state index contributed by atoms with van der Waals surface area (Å²) in [4.78, 5) is 12.2. The van der Waals surface area contributed by atoms with Crippen LogP contribution < -0.4 is 0 Å². The summed E-state index contributed by atoms with van der Waals surface area (Å²) in [5, 5.41) is 0. The smallest absolute Gasteiger partial charge is 0.465 e. The van der Waals surface area contributed by atoms with E-state index in [0.29, 0.717) is 25.4 Å². The van der Waals surface area contributed by atoms with Gasteiger partial charge in [0, 0.05) is 0 Å². The van der Waals surface area contributed by atoms with E-state index < -0.39 is 7.82 Å². The first-order valence-electron chi connectivity index (χ1n) is 10.1. The first-order valence-corrected chi connectivity index (χ1v) is 11.6. The minimum absolute atomic E-state index is 0.224. The van der Waals surface area contributed by atoms with Gasteiger partial charge in [-0.25, -0.2) is 4.57 Å². The summed E-state index contributed by atoms with van der Waals surface area (Å²) >= 11 is 0. The Bertz CT molecular complexity index is 604. The molecule has 1 unspecified atom stereocenters. The predicted octanol–water partition coefficient (Wildman–Crippen LogP) is 5.51. The minimum atomic E-state index is -3.46. The maximum Gasteiger partial charge on any atom is 0.474 e. The largest absolute Gasteiger partial charge is 0.474 e. The fraction of sp³-hybridized carbons (Fsp3) is 0.667. The fourth-order valence-electron chi connectivity index (χ4n) is 2.66. The summed E-state index contributed by atoms with van der Waals surface area (Å²) in [6, 6.07) is 8.14. The van der Waals surface area contributed by atoms with Crippen molar-refractivity contribution in [2.45, 2.75) is 59.8 Å². The van der Waals surface area contributed by atoms with Crippen molar-refractivity contribution < 1.29 is 27.7 Å². The topological polar surface area (TPSA) is 71.1 Å². The SMILES string of the molecule is CCOP(=O)(OCC)OCCCCOC(=O)C(C)c1ccc(CC(C)C)cc1. The van der Waals surface area contributed by atoms with Crippen molar-refractivity contribution in [1.82, 2.24) is 0 Å². The van der Waals surface area contributed by atoms with Crippen LogP contribution in [-0.4, -0.2) is 32.4 Å². The Labute approximate surface area is 169 Å². The molecule has 0 spiro atoms. The molecular formula is C21H35O6P. The van der Waals surface area contributed by atoms with Gasteiger partial charge in [0.15, 0.2) is 0 Å². The Morgan fingerprint density at radius 2 is 1.50 bits per heavy atom. The van der Waals surface area contributed by atoms with Crippen LogP contribution in [0, 0.1) is 5.92 Å². The highest BCUT2D eigenvalue weighted by atomic mass is 31.2. The van der Waals surface area contributed by atoms with Gasteiger partial charge in [0.1, 0.15) is 0 Å². The van der Waals surface area contributed by atoms with Crippen LogP contribution in [0.15, 0.2) is 24.3 Å². The Hall–Kier alpha value is -1.20. The normalized spacial score (nSPS) is 12.9. The van der Waals surface area contributed by atoms with E-state index in [1.165, 1.54) is 5.56 Å². The van der Waals surface area contributed by atoms with Crippen LogP contribution in [0.5, 0.6) is 0 Å². The lowest BCUT2D eigenvalue weighted by Gasteiger charge is -2.16. The van der Waals surface area contributed by atoms with Crippen molar-refractivity contribution in [3.05, 3.63) is 35.4 Å². The first kappa shape index (κ1) is 24.8. The fourth-order valence-corrected chi connectivity index (χ4v) is 3.86. The average Bonchev–Trinajstić information content (AvgIpc) is 2.64. The maximum absolute atomic E-state index is 12.2. The van der Waals surface area contributed by atoms with Crippen LogP contribution in [0.3, 0.4) is 0 Å². The van der Waals surface area contributed by atoms with Crippen molar-refractivity contribution in [2.75, 3.05) is 26.4 Å². The molecule has 1 aromatic carbocycles. The van der Waals surface area contributed by atoms with Crippen molar-refractivity contribution in [1.29, 1.82) is 0 Å². The van der Waals surface area contributed by atoms with Gasteiger partial charge in [0.2, 0.25) is 0 Å². The van der Waals surface area contributed by atoms with Gasteiger partial charge in [-0.1, -0.05) is 38.1 Å². The van der Waals surface area contributed by atoms with Gasteiger partial charge in [-0.3, -0.25) is 18.4 Å². The zero-order chi connectivity index (χ0) is 21.0. The van der Waals surface area contributed by atoms with Crippen molar-refractivity contribution in [3.8, 4) is 0 Å². The summed E-state index contributed by atoms with van der Waals surface area (Å²) in [6.45, 7) is 10.7. The number of unbranched alkanes of at least 4 members (excludes halogenated alkanes) is 1. The van der Waals surface area contributed by atoms with Gasteiger partial charge in [-0.05, 0) is 57.1 Å². The monoisotopic (exact) mass is 414 g/mol. The van der Waals surface area contributed by atoms with Gasteiger partial charge < -0.3 is 4.74 Å². The van der Waals surface area contributed by atoms with E-state index >= 15 is 0 Å². The third-order valence-electron chi connectivity index (χ3n) is 4.08. The molecule has 28 heavy (non-hydrogen) atoms. The lowest BCUT2D eigenvalue weighted by Crippen LogP contribution is -2.14. The number of benzene rings is 1. The highest BCUT2D eigenvalue weighted by molar-refractivity contribution is 7.48. The lowest BCUT2D eigenvalue weighted by molar-refractivity contribution is -0.145. The van der Waals surface area contributed by atoms with E-state index in [1.54, 1.807) is 13.8 Å². The van der Waals surface area contributed by atoms with Gasteiger partial charge in [0.25, 0.3) is 0 Å². The molecular weight excluding hydrogens is 379 g/mol. The van der Waals surface area contributed by atoms with E-state index in [9.17, 15) is 9.36 Å². The number of esters is 1. The van der Waals surface area contributed by atoms with E-state index in [2.05, 4.69) is 26.0 Å². The van der Waals surface area contributed by atoms with Crippen molar-refractivity contribution in [3.63, 3.8) is 0 Å². The second-order valence-electron chi connectivity index (χ2n) is 7.05. The molecule has 0 amide bonds. The van der Waals surface area contributed by atoms with Crippen LogP contribution in [0.25, 0.3) is 0 Å². The molecule has 0 bridgehead atoms. The second-order valence-corrected chi connectivity index (χ2v) is 8.72. The minimum Gasteiger partial charge on any atom is -0.465 e. The number of hydrogen-bond donors (Lipinski definition) is 0. The molecule has 0 saturated heterocycles. The zero-order valence-electron chi connectivity index (χ0n) is 17.8. The van der Waals surface area contributed by atoms with Crippen molar-refractivity contribution >= 4 is 13.8 Å². The molecule has 0 aliphatic rings. The third kappa shape index (κ3) is 9.33. The number of hydrogen-bond acceptors (Lipinski definition) is 6. The number of carbonyl (C=O) groups excluding carboxylic acids is 1. The number of carbonyl (C=O) groups is 1. The van der Waals surface area contributed by atoms with E-state index in [-0.39, 0.29) is 31.7 Å². The number of phosphoric acid groups is 1.